The van der Waals surface area contributed by atoms with E-state index in [2.05, 4.69) is 30.9 Å². The van der Waals surface area contributed by atoms with Gasteiger partial charge in [0.1, 0.15) is 5.78 Å². The van der Waals surface area contributed by atoms with E-state index in [9.17, 15) is 4.79 Å². The Morgan fingerprint density at radius 3 is 2.25 bits per heavy atom. The molecule has 0 heterocycles. The Balaban J connectivity index is 2.77. The van der Waals surface area contributed by atoms with Gasteiger partial charge in [0.25, 0.3) is 0 Å². The molecule has 1 atom stereocenters. The Labute approximate surface area is 98.3 Å². The average molecular weight is 219 g/mol. The van der Waals surface area contributed by atoms with Crippen molar-refractivity contribution in [3.05, 3.63) is 35.9 Å². The van der Waals surface area contributed by atoms with Crippen molar-refractivity contribution in [1.82, 2.24) is 4.90 Å². The first-order chi connectivity index (χ1) is 7.52. The van der Waals surface area contributed by atoms with Crippen LogP contribution in [0.4, 0.5) is 0 Å². The third-order valence-electron chi connectivity index (χ3n) is 3.05. The highest BCUT2D eigenvalue weighted by molar-refractivity contribution is 5.81. The summed E-state index contributed by atoms with van der Waals surface area (Å²) >= 11 is 0. The van der Waals surface area contributed by atoms with E-state index in [1.165, 1.54) is 5.56 Å². The molecule has 16 heavy (non-hydrogen) atoms. The van der Waals surface area contributed by atoms with Crippen LogP contribution >= 0.6 is 0 Å². The minimum atomic E-state index is -0.0117. The third-order valence-corrected chi connectivity index (χ3v) is 3.05. The monoisotopic (exact) mass is 219 g/mol. The van der Waals surface area contributed by atoms with Crippen LogP contribution in [0, 0.1) is 0 Å². The Bertz CT molecular complexity index is 332. The van der Waals surface area contributed by atoms with E-state index in [1.54, 1.807) is 6.92 Å². The second kappa shape index (κ2) is 5.80. The van der Waals surface area contributed by atoms with Crippen molar-refractivity contribution in [1.29, 1.82) is 0 Å². The van der Waals surface area contributed by atoms with Crippen LogP contribution in [-0.2, 0) is 11.2 Å². The molecule has 0 unspecified atom stereocenters. The summed E-state index contributed by atoms with van der Waals surface area (Å²) in [5.41, 5.74) is 1.22. The van der Waals surface area contributed by atoms with Gasteiger partial charge in [-0.1, -0.05) is 30.3 Å². The molecule has 0 saturated heterocycles. The molecule has 0 aromatic heterocycles. The Hall–Kier alpha value is -1.15. The molecule has 0 spiro atoms. The van der Waals surface area contributed by atoms with Crippen LogP contribution in [0.1, 0.15) is 26.3 Å². The normalized spacial score (nSPS) is 13.1. The third kappa shape index (κ3) is 3.46. The van der Waals surface area contributed by atoms with Crippen LogP contribution in [0.15, 0.2) is 30.3 Å². The zero-order valence-electron chi connectivity index (χ0n) is 10.6. The van der Waals surface area contributed by atoms with E-state index >= 15 is 0 Å². The van der Waals surface area contributed by atoms with Crippen LogP contribution in [-0.4, -0.2) is 29.8 Å². The van der Waals surface area contributed by atoms with Crippen molar-refractivity contribution in [2.45, 2.75) is 39.3 Å². The summed E-state index contributed by atoms with van der Waals surface area (Å²) in [6.45, 7) is 5.90. The molecule has 2 nitrogen and oxygen atoms in total. The fourth-order valence-electron chi connectivity index (χ4n) is 1.77. The zero-order valence-corrected chi connectivity index (χ0v) is 10.6. The second-order valence-electron chi connectivity index (χ2n) is 4.58. The van der Waals surface area contributed by atoms with Crippen molar-refractivity contribution in [2.75, 3.05) is 7.05 Å². The Kier molecular flexibility index (Phi) is 4.69. The highest BCUT2D eigenvalue weighted by atomic mass is 16.1. The van der Waals surface area contributed by atoms with Crippen molar-refractivity contribution in [3.63, 3.8) is 0 Å². The van der Waals surface area contributed by atoms with Gasteiger partial charge in [0, 0.05) is 6.04 Å². The molecule has 0 aliphatic rings. The van der Waals surface area contributed by atoms with Gasteiger partial charge < -0.3 is 0 Å². The molecule has 0 radical (unpaired) electrons. The number of carbonyl (C=O) groups excluding carboxylic acids is 1. The van der Waals surface area contributed by atoms with Gasteiger partial charge in [0.05, 0.1) is 6.04 Å². The number of carbonyl (C=O) groups is 1. The van der Waals surface area contributed by atoms with Crippen molar-refractivity contribution in [2.24, 2.45) is 0 Å². The number of rotatable bonds is 5. The first kappa shape index (κ1) is 12.9. The van der Waals surface area contributed by atoms with E-state index < -0.39 is 0 Å². The van der Waals surface area contributed by atoms with E-state index in [4.69, 9.17) is 0 Å². The van der Waals surface area contributed by atoms with Gasteiger partial charge in [-0.3, -0.25) is 9.69 Å². The topological polar surface area (TPSA) is 20.3 Å². The van der Waals surface area contributed by atoms with Crippen molar-refractivity contribution >= 4 is 5.78 Å². The summed E-state index contributed by atoms with van der Waals surface area (Å²) in [4.78, 5) is 13.8. The molecule has 1 aromatic rings. The van der Waals surface area contributed by atoms with Gasteiger partial charge in [0.15, 0.2) is 0 Å². The predicted octanol–water partition coefficient (Wildman–Crippen LogP) is 2.53. The van der Waals surface area contributed by atoms with E-state index in [0.29, 0.717) is 6.04 Å². The van der Waals surface area contributed by atoms with Crippen molar-refractivity contribution in [3.8, 4) is 0 Å². The molecule has 0 N–H and O–H groups in total. The fraction of sp³-hybridized carbons (Fsp3) is 0.500. The van der Waals surface area contributed by atoms with Gasteiger partial charge in [-0.05, 0) is 39.8 Å². The largest absolute Gasteiger partial charge is 0.298 e. The molecule has 0 saturated carbocycles. The van der Waals surface area contributed by atoms with E-state index in [0.717, 1.165) is 6.42 Å². The highest BCUT2D eigenvalue weighted by Gasteiger charge is 2.21. The van der Waals surface area contributed by atoms with Crippen LogP contribution < -0.4 is 0 Å². The first-order valence-electron chi connectivity index (χ1n) is 5.78. The lowest BCUT2D eigenvalue weighted by Gasteiger charge is -2.29. The smallest absolute Gasteiger partial charge is 0.147 e. The molecule has 1 aromatic carbocycles. The lowest BCUT2D eigenvalue weighted by atomic mass is 10.0. The first-order valence-corrected chi connectivity index (χ1v) is 5.78. The van der Waals surface area contributed by atoms with Gasteiger partial charge in [0.2, 0.25) is 0 Å². The maximum atomic E-state index is 11.7. The van der Waals surface area contributed by atoms with E-state index in [-0.39, 0.29) is 11.8 Å². The molecule has 0 fully saturated rings. The highest BCUT2D eigenvalue weighted by Crippen LogP contribution is 2.11. The number of Topliss-reactive ketones (excluding diaryl/α,β-unsaturated/α-hetero) is 1. The maximum absolute atomic E-state index is 11.7. The maximum Gasteiger partial charge on any atom is 0.147 e. The number of ketones is 1. The SMILES string of the molecule is CC(=O)[C@H](Cc1ccccc1)N(C)C(C)C. The molecule has 1 rings (SSSR count). The summed E-state index contributed by atoms with van der Waals surface area (Å²) in [5.74, 6) is 0.236. The molecule has 88 valence electrons. The Morgan fingerprint density at radius 1 is 1.25 bits per heavy atom. The van der Waals surface area contributed by atoms with Gasteiger partial charge in [-0.25, -0.2) is 0 Å². The summed E-state index contributed by atoms with van der Waals surface area (Å²) in [6.07, 6.45) is 0.796. The van der Waals surface area contributed by atoms with Crippen LogP contribution in [0.2, 0.25) is 0 Å². The van der Waals surface area contributed by atoms with Gasteiger partial charge in [-0.2, -0.15) is 0 Å². The van der Waals surface area contributed by atoms with Gasteiger partial charge in [-0.15, -0.1) is 0 Å². The molecule has 0 amide bonds. The lowest BCUT2D eigenvalue weighted by Crippen LogP contribution is -2.43. The number of hydrogen-bond donors (Lipinski definition) is 0. The van der Waals surface area contributed by atoms with Crippen molar-refractivity contribution < 1.29 is 4.79 Å². The molecule has 2 heteroatoms. The minimum absolute atomic E-state index is 0.0117. The summed E-state index contributed by atoms with van der Waals surface area (Å²) in [7, 11) is 2.01. The number of nitrogens with zero attached hydrogens (tertiary/aromatic N) is 1. The zero-order chi connectivity index (χ0) is 12.1. The predicted molar refractivity (Wildman–Crippen MR) is 67.5 cm³/mol. The quantitative estimate of drug-likeness (QED) is 0.758. The number of benzene rings is 1. The summed E-state index contributed by atoms with van der Waals surface area (Å²) in [6, 6.07) is 10.6. The molecule has 0 aliphatic carbocycles. The van der Waals surface area contributed by atoms with Gasteiger partial charge >= 0.3 is 0 Å². The molecule has 0 bridgehead atoms. The van der Waals surface area contributed by atoms with E-state index in [1.807, 2.05) is 25.2 Å². The molecule has 0 aliphatic heterocycles. The summed E-state index contributed by atoms with van der Waals surface area (Å²) in [5, 5.41) is 0. The molecular formula is C14H21NO. The van der Waals surface area contributed by atoms with Crippen LogP contribution in [0.3, 0.4) is 0 Å². The standard InChI is InChI=1S/C14H21NO/c1-11(2)15(4)14(12(3)16)10-13-8-6-5-7-9-13/h5-9,11,14H,10H2,1-4H3/t14-/m0/s1. The van der Waals surface area contributed by atoms with Crippen LogP contribution in [0.25, 0.3) is 0 Å². The fourth-order valence-corrected chi connectivity index (χ4v) is 1.77. The second-order valence-corrected chi connectivity index (χ2v) is 4.58. The Morgan fingerprint density at radius 2 is 1.81 bits per heavy atom. The summed E-state index contributed by atoms with van der Waals surface area (Å²) < 4.78 is 0. The van der Waals surface area contributed by atoms with Crippen LogP contribution in [0.5, 0.6) is 0 Å². The minimum Gasteiger partial charge on any atom is -0.298 e. The number of hydrogen-bond acceptors (Lipinski definition) is 2. The molecular weight excluding hydrogens is 198 g/mol. The lowest BCUT2D eigenvalue weighted by molar-refractivity contribution is -0.122. The average Bonchev–Trinajstić information content (AvgIpc) is 2.26. The number of likely N-dealkylation sites (N-methyl/N-ethyl adjacent to an activating group) is 1.